The fourth-order valence-electron chi connectivity index (χ4n) is 14.3. The van der Waals surface area contributed by atoms with Crippen molar-refractivity contribution in [2.75, 3.05) is 26.4 Å². The molecule has 580 valence electrons. The number of nitrogens with one attached hydrogen (secondary N) is 1. The Morgan fingerprint density at radius 3 is 0.959 bits per heavy atom. The third-order valence-corrected chi connectivity index (χ3v) is 20.8. The van der Waals surface area contributed by atoms with Crippen molar-refractivity contribution in [1.82, 2.24) is 5.32 Å². The quantitative estimate of drug-likeness (QED) is 0.0199. The van der Waals surface area contributed by atoms with E-state index < -0.39 is 124 Å². The van der Waals surface area contributed by atoms with Crippen molar-refractivity contribution in [1.29, 1.82) is 0 Å². The van der Waals surface area contributed by atoms with Crippen molar-refractivity contribution in [2.24, 2.45) is 0 Å². The molecule has 0 aromatic heterocycles. The van der Waals surface area contributed by atoms with Crippen LogP contribution in [0.4, 0.5) is 0 Å². The fraction of sp³-hybridized carbons (Fsp3) is 0.962. The Balaban J connectivity index is 1.37. The lowest BCUT2D eigenvalue weighted by atomic mass is 9.96. The highest BCUT2D eigenvalue weighted by atomic mass is 16.8. The van der Waals surface area contributed by atoms with Gasteiger partial charge in [0.25, 0.3) is 0 Å². The number of aliphatic hydroxyl groups is 11. The summed E-state index contributed by atoms with van der Waals surface area (Å²) in [5.74, 6) is -0.266. The first-order valence-electron chi connectivity index (χ1n) is 40.9. The van der Waals surface area contributed by atoms with Gasteiger partial charge in [0.2, 0.25) is 5.91 Å². The van der Waals surface area contributed by atoms with Crippen LogP contribution < -0.4 is 5.32 Å². The molecule has 19 nitrogen and oxygen atoms in total. The molecule has 98 heavy (non-hydrogen) atoms. The number of amides is 1. The van der Waals surface area contributed by atoms with E-state index in [9.17, 15) is 61.0 Å². The third-order valence-electron chi connectivity index (χ3n) is 20.8. The molecule has 12 N–H and O–H groups in total. The van der Waals surface area contributed by atoms with Gasteiger partial charge in [0.05, 0.1) is 38.6 Å². The lowest BCUT2D eigenvalue weighted by Gasteiger charge is -2.48. The molecule has 3 heterocycles. The fourth-order valence-corrected chi connectivity index (χ4v) is 14.3. The number of aliphatic hydroxyl groups excluding tert-OH is 11. The summed E-state index contributed by atoms with van der Waals surface area (Å²) >= 11 is 0. The summed E-state index contributed by atoms with van der Waals surface area (Å²) in [6, 6.07) is -0.970. The predicted octanol–water partition coefficient (Wildman–Crippen LogP) is 13.6. The normalized spacial score (nSPS) is 26.7. The maximum Gasteiger partial charge on any atom is 0.220 e. The van der Waals surface area contributed by atoms with Crippen molar-refractivity contribution in [3.05, 3.63) is 12.2 Å². The topological polar surface area (TPSA) is 307 Å². The summed E-state index contributed by atoms with van der Waals surface area (Å²) in [6.07, 6.45) is 44.9. The second-order valence-corrected chi connectivity index (χ2v) is 29.6. The SMILES string of the molecule is CCCCCCCCCCCCCCCCCCCCCCCCC/C=C/C(O)C(COC1OC(CO)C(OC2OC(CO)C(OC3OC(CO)C(O)C(O)C3O)C(O)C2O)C(O)C1O)NC(=O)CCCCCCCCCCCCCCCCCCCCCCCCCCCCCC. The molecule has 17 atom stereocenters. The molecule has 17 unspecified atom stereocenters. The summed E-state index contributed by atoms with van der Waals surface area (Å²) in [6.45, 7) is 1.81. The zero-order valence-corrected chi connectivity index (χ0v) is 62.1. The Morgan fingerprint density at radius 2 is 0.633 bits per heavy atom. The molecule has 3 aliphatic rings. The van der Waals surface area contributed by atoms with E-state index in [1.165, 1.54) is 283 Å². The van der Waals surface area contributed by atoms with Gasteiger partial charge in [0.15, 0.2) is 18.9 Å². The van der Waals surface area contributed by atoms with E-state index in [2.05, 4.69) is 19.2 Å². The number of hydrogen-bond acceptors (Lipinski definition) is 18. The van der Waals surface area contributed by atoms with E-state index in [-0.39, 0.29) is 18.9 Å². The highest BCUT2D eigenvalue weighted by Gasteiger charge is 2.54. The molecule has 0 saturated carbocycles. The van der Waals surface area contributed by atoms with E-state index in [1.807, 2.05) is 6.08 Å². The van der Waals surface area contributed by atoms with Crippen LogP contribution in [0, 0.1) is 0 Å². The highest BCUT2D eigenvalue weighted by Crippen LogP contribution is 2.33. The second-order valence-electron chi connectivity index (χ2n) is 29.6. The summed E-state index contributed by atoms with van der Waals surface area (Å²) in [4.78, 5) is 13.5. The van der Waals surface area contributed by atoms with Gasteiger partial charge < -0.3 is 89.9 Å². The Bertz CT molecular complexity index is 1820. The number of allylic oxidation sites excluding steroid dienone is 1. The summed E-state index contributed by atoms with van der Waals surface area (Å²) < 4.78 is 34.5. The van der Waals surface area contributed by atoms with Crippen LogP contribution in [0.25, 0.3) is 0 Å². The van der Waals surface area contributed by atoms with Gasteiger partial charge in [-0.25, -0.2) is 0 Å². The van der Waals surface area contributed by atoms with Crippen molar-refractivity contribution in [3.63, 3.8) is 0 Å². The molecule has 0 aliphatic carbocycles. The first-order valence-corrected chi connectivity index (χ1v) is 40.9. The summed E-state index contributed by atoms with van der Waals surface area (Å²) in [7, 11) is 0. The molecule has 1 amide bonds. The van der Waals surface area contributed by atoms with Gasteiger partial charge in [-0.3, -0.25) is 4.79 Å². The minimum Gasteiger partial charge on any atom is -0.394 e. The van der Waals surface area contributed by atoms with Gasteiger partial charge in [-0.2, -0.15) is 0 Å². The van der Waals surface area contributed by atoms with Crippen LogP contribution in [0.5, 0.6) is 0 Å². The van der Waals surface area contributed by atoms with Crippen LogP contribution in [0.15, 0.2) is 12.2 Å². The maximum absolute atomic E-state index is 13.5. The Kier molecular flexibility index (Phi) is 56.3. The largest absolute Gasteiger partial charge is 0.394 e. The van der Waals surface area contributed by atoms with Crippen molar-refractivity contribution < 1.29 is 89.4 Å². The minimum atomic E-state index is -1.98. The Morgan fingerprint density at radius 1 is 0.357 bits per heavy atom. The first kappa shape index (κ1) is 90.7. The van der Waals surface area contributed by atoms with Crippen LogP contribution in [0.2, 0.25) is 0 Å². The second kappa shape index (κ2) is 60.8. The van der Waals surface area contributed by atoms with E-state index in [0.717, 1.165) is 44.9 Å². The highest BCUT2D eigenvalue weighted by molar-refractivity contribution is 5.76. The molecule has 0 spiro atoms. The molecule has 3 saturated heterocycles. The molecular weight excluding hydrogens is 1250 g/mol. The lowest BCUT2D eigenvalue weighted by Crippen LogP contribution is -2.66. The molecular formula is C79H151NO18. The maximum atomic E-state index is 13.5. The molecule has 0 aromatic carbocycles. The van der Waals surface area contributed by atoms with Crippen LogP contribution >= 0.6 is 0 Å². The van der Waals surface area contributed by atoms with Gasteiger partial charge in [-0.05, 0) is 19.3 Å². The molecule has 3 rings (SSSR count). The van der Waals surface area contributed by atoms with E-state index in [4.69, 9.17) is 28.4 Å². The molecule has 3 fully saturated rings. The van der Waals surface area contributed by atoms with E-state index >= 15 is 0 Å². The van der Waals surface area contributed by atoms with Gasteiger partial charge in [-0.15, -0.1) is 0 Å². The number of rotatable bonds is 66. The van der Waals surface area contributed by atoms with Crippen LogP contribution in [-0.2, 0) is 33.2 Å². The molecule has 0 aromatic rings. The Labute approximate surface area is 595 Å². The standard InChI is InChI=1S/C79H151NO18/c1-3-5-7-9-11-13-15-17-19-21-23-25-27-29-30-31-33-35-37-39-41-43-45-47-49-51-53-55-57-67(85)80-62(63(84)56-54-52-50-48-46-44-42-40-38-36-34-32-28-26-24-22-20-18-16-14-12-10-8-6-4-2)61-93-77-73(91)70(88)75(65(59-82)95-77)98-79-74(92)71(89)76(66(60-83)96-79)97-78-72(90)69(87)68(86)64(58-81)94-78/h54,56,62-66,68-79,81-84,86-92H,3-53,55,57-61H2,1-2H3,(H,80,85)/b56-54+. The zero-order valence-electron chi connectivity index (χ0n) is 62.1. The number of carbonyl (C=O) groups is 1. The zero-order chi connectivity index (χ0) is 71.1. The van der Waals surface area contributed by atoms with Gasteiger partial charge in [0, 0.05) is 6.42 Å². The molecule has 3 aliphatic heterocycles. The van der Waals surface area contributed by atoms with Crippen LogP contribution in [-0.4, -0.2) is 193 Å². The number of unbranched alkanes of at least 4 members (excludes halogenated alkanes) is 50. The molecule has 0 radical (unpaired) electrons. The summed E-state index contributed by atoms with van der Waals surface area (Å²) in [5.41, 5.74) is 0. The van der Waals surface area contributed by atoms with Crippen molar-refractivity contribution in [2.45, 2.75) is 458 Å². The van der Waals surface area contributed by atoms with Gasteiger partial charge in [0.1, 0.15) is 73.2 Å². The molecule has 0 bridgehead atoms. The van der Waals surface area contributed by atoms with Crippen LogP contribution in [0.3, 0.4) is 0 Å². The number of carbonyl (C=O) groups excluding carboxylic acids is 1. The van der Waals surface area contributed by atoms with E-state index in [1.54, 1.807) is 6.08 Å². The number of hydrogen-bond donors (Lipinski definition) is 12. The predicted molar refractivity (Wildman–Crippen MR) is 388 cm³/mol. The lowest BCUT2D eigenvalue weighted by molar-refractivity contribution is -0.379. The van der Waals surface area contributed by atoms with Gasteiger partial charge in [-0.1, -0.05) is 341 Å². The third kappa shape index (κ3) is 40.7. The number of ether oxygens (including phenoxy) is 6. The first-order chi connectivity index (χ1) is 47.8. The van der Waals surface area contributed by atoms with Crippen molar-refractivity contribution >= 4 is 5.91 Å². The van der Waals surface area contributed by atoms with Crippen LogP contribution in [0.1, 0.15) is 354 Å². The van der Waals surface area contributed by atoms with Gasteiger partial charge >= 0.3 is 0 Å². The monoisotopic (exact) mass is 1400 g/mol. The minimum absolute atomic E-state index is 0.250. The smallest absolute Gasteiger partial charge is 0.220 e. The average molecular weight is 1400 g/mol. The average Bonchev–Trinajstić information content (AvgIpc) is 0.784. The molecule has 19 heteroatoms. The van der Waals surface area contributed by atoms with E-state index in [0.29, 0.717) is 6.42 Å². The van der Waals surface area contributed by atoms with Crippen molar-refractivity contribution in [3.8, 4) is 0 Å². The Hall–Kier alpha value is -1.47. The summed E-state index contributed by atoms with van der Waals surface area (Å²) in [5, 5.41) is 121.